The summed E-state index contributed by atoms with van der Waals surface area (Å²) in [5, 5.41) is 13.0. The fourth-order valence-electron chi connectivity index (χ4n) is 1.79. The number of nitrogens with one attached hydrogen (secondary N) is 1. The van der Waals surface area contributed by atoms with Crippen molar-refractivity contribution < 1.29 is 29.0 Å². The van der Waals surface area contributed by atoms with Crippen molar-refractivity contribution in [1.82, 2.24) is 5.32 Å². The van der Waals surface area contributed by atoms with E-state index in [1.807, 2.05) is 6.07 Å². The van der Waals surface area contributed by atoms with Crippen molar-refractivity contribution in [3.63, 3.8) is 0 Å². The minimum Gasteiger partial charge on any atom is -0.550 e. The van der Waals surface area contributed by atoms with Crippen LogP contribution in [-0.2, 0) is 25.7 Å². The number of benzene rings is 1. The monoisotopic (exact) mass is 336 g/mol. The van der Waals surface area contributed by atoms with Crippen LogP contribution in [0.15, 0.2) is 30.3 Å². The molecule has 0 aliphatic carbocycles. The molecule has 0 heterocycles. The largest absolute Gasteiger partial charge is 0.550 e. The molecule has 0 saturated heterocycles. The third kappa shape index (κ3) is 8.17. The molecule has 24 heavy (non-hydrogen) atoms. The molecule has 7 nitrogen and oxygen atoms in total. The highest BCUT2D eigenvalue weighted by Gasteiger charge is 2.25. The Bertz CT molecular complexity index is 564. The topological polar surface area (TPSA) is 105 Å². The number of ether oxygens (including phenoxy) is 2. The molecule has 0 saturated carbocycles. The second-order valence-corrected chi connectivity index (χ2v) is 6.20. The minimum atomic E-state index is -1.32. The molecular weight excluding hydrogens is 314 g/mol. The van der Waals surface area contributed by atoms with Crippen LogP contribution in [0.3, 0.4) is 0 Å². The first-order valence-electron chi connectivity index (χ1n) is 7.57. The summed E-state index contributed by atoms with van der Waals surface area (Å²) >= 11 is 0. The number of carboxylic acids is 1. The molecule has 7 heteroatoms. The number of amides is 1. The number of alkyl carbamates (subject to hydrolysis) is 1. The zero-order chi connectivity index (χ0) is 18.2. The van der Waals surface area contributed by atoms with E-state index in [9.17, 15) is 19.5 Å². The number of carboxylic acid groups (broad SMARTS) is 1. The number of carbonyl (C=O) groups excluding carboxylic acids is 3. The van der Waals surface area contributed by atoms with Crippen LogP contribution in [0.1, 0.15) is 39.2 Å². The summed E-state index contributed by atoms with van der Waals surface area (Å²) < 4.78 is 10.2. The van der Waals surface area contributed by atoms with E-state index in [-0.39, 0.29) is 19.4 Å². The smallest absolute Gasteiger partial charge is 0.408 e. The van der Waals surface area contributed by atoms with Crippen LogP contribution in [0.2, 0.25) is 0 Å². The molecule has 0 bridgehead atoms. The van der Waals surface area contributed by atoms with Crippen LogP contribution in [0.5, 0.6) is 0 Å². The van der Waals surface area contributed by atoms with E-state index in [1.54, 1.807) is 45.0 Å². The summed E-state index contributed by atoms with van der Waals surface area (Å²) in [6, 6.07) is 7.88. The first-order chi connectivity index (χ1) is 11.2. The fourth-order valence-corrected chi connectivity index (χ4v) is 1.79. The third-order valence-electron chi connectivity index (χ3n) is 2.84. The second-order valence-electron chi connectivity index (χ2n) is 6.20. The standard InChI is InChI=1S/C17H23NO6/c1-17(2,3)24-16(22)18-13(9-10-14(19)20)15(21)23-11-12-7-5-4-6-8-12/h4-8,13H,9-11H2,1-3H3,(H,18,22)(H,19,20)/p-1/t13-/m0/s1. The highest BCUT2D eigenvalue weighted by Crippen LogP contribution is 2.09. The van der Waals surface area contributed by atoms with E-state index in [0.29, 0.717) is 0 Å². The van der Waals surface area contributed by atoms with Gasteiger partial charge in [-0.15, -0.1) is 0 Å². The van der Waals surface area contributed by atoms with Gasteiger partial charge in [-0.25, -0.2) is 9.59 Å². The normalized spacial score (nSPS) is 12.1. The Kier molecular flexibility index (Phi) is 7.23. The quantitative estimate of drug-likeness (QED) is 0.749. The first-order valence-corrected chi connectivity index (χ1v) is 7.57. The molecule has 1 rings (SSSR count). The van der Waals surface area contributed by atoms with E-state index in [1.165, 1.54) is 0 Å². The van der Waals surface area contributed by atoms with Gasteiger partial charge in [-0.05, 0) is 39.2 Å². The zero-order valence-corrected chi connectivity index (χ0v) is 14.0. The van der Waals surface area contributed by atoms with Crippen LogP contribution in [0, 0.1) is 0 Å². The maximum absolute atomic E-state index is 12.1. The van der Waals surface area contributed by atoms with Gasteiger partial charge in [-0.1, -0.05) is 30.3 Å². The number of rotatable bonds is 7. The molecule has 0 aromatic heterocycles. The average Bonchev–Trinajstić information content (AvgIpc) is 2.48. The number of hydrogen-bond donors (Lipinski definition) is 1. The Balaban J connectivity index is 2.64. The molecule has 132 valence electrons. The van der Waals surface area contributed by atoms with Gasteiger partial charge in [0.25, 0.3) is 0 Å². The van der Waals surface area contributed by atoms with E-state index >= 15 is 0 Å². The lowest BCUT2D eigenvalue weighted by Gasteiger charge is -2.23. The Morgan fingerprint density at radius 1 is 1.17 bits per heavy atom. The first kappa shape index (κ1) is 19.5. The molecule has 0 spiro atoms. The summed E-state index contributed by atoms with van der Waals surface area (Å²) in [5.41, 5.74) is 0.0403. The van der Waals surface area contributed by atoms with Crippen molar-refractivity contribution in [1.29, 1.82) is 0 Å². The van der Waals surface area contributed by atoms with Crippen molar-refractivity contribution >= 4 is 18.0 Å². The van der Waals surface area contributed by atoms with Crippen molar-refractivity contribution in [2.24, 2.45) is 0 Å². The van der Waals surface area contributed by atoms with Crippen molar-refractivity contribution in [2.75, 3.05) is 0 Å². The van der Waals surface area contributed by atoms with E-state index in [4.69, 9.17) is 9.47 Å². The molecule has 1 amide bonds. The van der Waals surface area contributed by atoms with Gasteiger partial charge in [0.1, 0.15) is 18.2 Å². The predicted octanol–water partition coefficient (Wildman–Crippen LogP) is 1.15. The van der Waals surface area contributed by atoms with Crippen molar-refractivity contribution in [2.45, 2.75) is 51.9 Å². The van der Waals surface area contributed by atoms with Crippen LogP contribution < -0.4 is 10.4 Å². The molecule has 0 aliphatic heterocycles. The minimum absolute atomic E-state index is 0.0253. The zero-order valence-electron chi connectivity index (χ0n) is 14.0. The summed E-state index contributed by atoms with van der Waals surface area (Å²) in [7, 11) is 0. The molecule has 1 aromatic rings. The van der Waals surface area contributed by atoms with Crippen LogP contribution >= 0.6 is 0 Å². The number of hydrogen-bond acceptors (Lipinski definition) is 6. The molecule has 0 aliphatic rings. The van der Waals surface area contributed by atoms with Crippen LogP contribution in [-0.4, -0.2) is 29.7 Å². The van der Waals surface area contributed by atoms with Crippen molar-refractivity contribution in [3.8, 4) is 0 Å². The van der Waals surface area contributed by atoms with Gasteiger partial charge >= 0.3 is 12.1 Å². The number of carbonyl (C=O) groups is 3. The second kappa shape index (κ2) is 8.90. The Morgan fingerprint density at radius 3 is 2.33 bits per heavy atom. The Morgan fingerprint density at radius 2 is 1.79 bits per heavy atom. The van der Waals surface area contributed by atoms with Crippen molar-refractivity contribution in [3.05, 3.63) is 35.9 Å². The van der Waals surface area contributed by atoms with E-state index in [0.717, 1.165) is 5.56 Å². The summed E-state index contributed by atoms with van der Waals surface area (Å²) in [5.74, 6) is -2.05. The molecule has 1 atom stereocenters. The van der Waals surface area contributed by atoms with Gasteiger partial charge in [-0.2, -0.15) is 0 Å². The molecule has 1 aromatic carbocycles. The molecule has 0 radical (unpaired) electrons. The summed E-state index contributed by atoms with van der Waals surface area (Å²) in [4.78, 5) is 34.5. The number of aliphatic carboxylic acids is 1. The molecule has 0 unspecified atom stereocenters. The summed E-state index contributed by atoms with van der Waals surface area (Å²) in [6.45, 7) is 5.06. The molecular formula is C17H22NO6-. The van der Waals surface area contributed by atoms with Gasteiger partial charge in [0.05, 0.1) is 0 Å². The van der Waals surface area contributed by atoms with Crippen LogP contribution in [0.25, 0.3) is 0 Å². The lowest BCUT2D eigenvalue weighted by molar-refractivity contribution is -0.305. The van der Waals surface area contributed by atoms with E-state index < -0.39 is 29.7 Å². The maximum atomic E-state index is 12.1. The lowest BCUT2D eigenvalue weighted by Crippen LogP contribution is -2.45. The van der Waals surface area contributed by atoms with E-state index in [2.05, 4.69) is 5.32 Å². The third-order valence-corrected chi connectivity index (χ3v) is 2.84. The van der Waals surface area contributed by atoms with Gasteiger partial charge in [-0.3, -0.25) is 0 Å². The fraction of sp³-hybridized carbons (Fsp3) is 0.471. The van der Waals surface area contributed by atoms with Crippen LogP contribution in [0.4, 0.5) is 4.79 Å². The highest BCUT2D eigenvalue weighted by molar-refractivity contribution is 5.82. The van der Waals surface area contributed by atoms with Gasteiger partial charge in [0.2, 0.25) is 0 Å². The van der Waals surface area contributed by atoms with Gasteiger partial charge in [0, 0.05) is 5.97 Å². The predicted molar refractivity (Wildman–Crippen MR) is 83.6 cm³/mol. The SMILES string of the molecule is CC(C)(C)OC(=O)N[C@@H](CCC(=O)[O-])C(=O)OCc1ccccc1. The Hall–Kier alpha value is -2.57. The average molecular weight is 336 g/mol. The molecule has 0 fully saturated rings. The highest BCUT2D eigenvalue weighted by atomic mass is 16.6. The van der Waals surface area contributed by atoms with Gasteiger partial charge < -0.3 is 24.7 Å². The lowest BCUT2D eigenvalue weighted by atomic mass is 10.1. The van der Waals surface area contributed by atoms with Gasteiger partial charge in [0.15, 0.2) is 0 Å². The molecule has 1 N–H and O–H groups in total. The summed E-state index contributed by atoms with van der Waals surface area (Å²) in [6.07, 6.45) is -1.35. The number of esters is 1. The maximum Gasteiger partial charge on any atom is 0.408 e. The Labute approximate surface area is 141 Å².